The molecule has 6 aromatic carbocycles. The molecule has 8 aromatic rings. The Morgan fingerprint density at radius 2 is 0.738 bits per heavy atom. The number of hydrogen-bond acceptors (Lipinski definition) is 8. The minimum absolute atomic E-state index is 0. The molecule has 0 radical (unpaired) electrons. The van der Waals surface area contributed by atoms with Gasteiger partial charge in [0.2, 0.25) is 0 Å². The number of rotatable bonds is 24. The van der Waals surface area contributed by atoms with Crippen LogP contribution in [0.5, 0.6) is 0 Å². The second-order valence-electron chi connectivity index (χ2n) is 20.8. The maximum absolute atomic E-state index is 14.0. The number of aliphatic hydroxyl groups is 4. The van der Waals surface area contributed by atoms with E-state index in [9.17, 15) is 48.4 Å². The Kier molecular flexibility index (Phi) is 25.8. The second-order valence-corrected chi connectivity index (χ2v) is 20.8. The Morgan fingerprint density at radius 1 is 0.440 bits per heavy atom. The molecule has 2 amide bonds. The maximum atomic E-state index is 14.0. The summed E-state index contributed by atoms with van der Waals surface area (Å²) in [5.41, 5.74) is 9.55. The van der Waals surface area contributed by atoms with Crippen molar-refractivity contribution in [3.63, 3.8) is 0 Å². The van der Waals surface area contributed by atoms with Crippen molar-refractivity contribution in [1.82, 2.24) is 9.13 Å². The fraction of sp³-hybridized carbons (Fsp3) is 0.273. The van der Waals surface area contributed by atoms with Gasteiger partial charge in [0.25, 0.3) is 11.8 Å². The number of nitrogens with zero attached hydrogens (tertiary/aromatic N) is 2. The number of halogens is 2. The van der Waals surface area contributed by atoms with Crippen molar-refractivity contribution in [2.24, 2.45) is 0 Å². The predicted molar refractivity (Wildman–Crippen MR) is 327 cm³/mol. The van der Waals surface area contributed by atoms with E-state index in [4.69, 9.17) is 10.2 Å². The van der Waals surface area contributed by atoms with Gasteiger partial charge in [-0.1, -0.05) is 125 Å². The molecule has 0 aliphatic heterocycles. The van der Waals surface area contributed by atoms with Crippen molar-refractivity contribution in [3.05, 3.63) is 204 Å². The van der Waals surface area contributed by atoms with E-state index in [2.05, 4.69) is 10.6 Å². The number of carboxylic acid groups (broad SMARTS) is 2. The van der Waals surface area contributed by atoms with Gasteiger partial charge in [-0.15, -0.1) is 0 Å². The molecular formula is C66H74CaF2N4O11. The monoisotopic (exact) mass is 1180 g/mol. The summed E-state index contributed by atoms with van der Waals surface area (Å²) in [6.07, 6.45) is -5.01. The topological polar surface area (TPSA) is 255 Å². The molecule has 0 unspecified atom stereocenters. The normalized spacial score (nSPS) is 12.4. The van der Waals surface area contributed by atoms with E-state index in [0.717, 1.165) is 22.5 Å². The number of hydrogen-bond donors (Lipinski definition) is 8. The molecule has 0 spiro atoms. The Balaban J connectivity index is 0.000000300. The van der Waals surface area contributed by atoms with Gasteiger partial charge < -0.3 is 55.9 Å². The van der Waals surface area contributed by atoms with Gasteiger partial charge in [0.1, 0.15) is 11.6 Å². The molecule has 0 fully saturated rings. The van der Waals surface area contributed by atoms with Gasteiger partial charge in [-0.05, 0) is 133 Å². The summed E-state index contributed by atoms with van der Waals surface area (Å²) >= 11 is 0. The number of carboxylic acids is 2. The molecule has 0 bridgehead atoms. The predicted octanol–water partition coefficient (Wildman–Crippen LogP) is 10.9. The number of amides is 2. The van der Waals surface area contributed by atoms with Crippen LogP contribution in [0.2, 0.25) is 0 Å². The molecule has 0 saturated carbocycles. The summed E-state index contributed by atoms with van der Waals surface area (Å²) in [5.74, 6) is -3.87. The second kappa shape index (κ2) is 32.1. The van der Waals surface area contributed by atoms with Crippen LogP contribution in [0.25, 0.3) is 44.8 Å². The van der Waals surface area contributed by atoms with Crippen molar-refractivity contribution in [2.45, 2.75) is 116 Å². The number of aliphatic carboxylic acids is 2. The van der Waals surface area contributed by atoms with Gasteiger partial charge in [0, 0.05) is 47.0 Å². The molecule has 8 rings (SSSR count). The van der Waals surface area contributed by atoms with E-state index in [0.29, 0.717) is 56.1 Å². The summed E-state index contributed by atoms with van der Waals surface area (Å²) in [4.78, 5) is 50.0. The fourth-order valence-electron chi connectivity index (χ4n) is 10.4. The molecule has 0 aliphatic carbocycles. The Labute approximate surface area is 517 Å². The molecule has 18 heteroatoms. The molecule has 0 saturated heterocycles. The van der Waals surface area contributed by atoms with Crippen LogP contribution in [0.3, 0.4) is 0 Å². The van der Waals surface area contributed by atoms with Crippen molar-refractivity contribution >= 4 is 72.9 Å². The fourth-order valence-corrected chi connectivity index (χ4v) is 10.4. The van der Waals surface area contributed by atoms with Crippen molar-refractivity contribution in [3.8, 4) is 44.8 Å². The standard InChI is InChI=1S/2C33H35FN2O5.Ca.H2O.2H/c2*1-21(2)31-30(33(41)35-25-11-7-4-8-12-25)29(22-9-5-3-6-10-22)32(23-13-15-24(34)16-14-23)36(31)18-17-26(37)19-27(38)20-28(39)40;;;;/h2*3-16,21,26-27,37-38H,17-20H2,1-2H3,(H,35,41)(H,39,40);;1H2;;/t2*26-,27-;;;;/m11..../s1. The Hall–Kier alpha value is -7.32. The number of aromatic nitrogens is 2. The molecule has 4 atom stereocenters. The van der Waals surface area contributed by atoms with E-state index in [1.54, 1.807) is 24.3 Å². The van der Waals surface area contributed by atoms with Crippen LogP contribution in [-0.2, 0) is 22.7 Å². The van der Waals surface area contributed by atoms with Gasteiger partial charge in [-0.25, -0.2) is 8.78 Å². The van der Waals surface area contributed by atoms with Crippen LogP contribution >= 0.6 is 0 Å². The van der Waals surface area contributed by atoms with E-state index in [1.807, 2.05) is 158 Å². The summed E-state index contributed by atoms with van der Waals surface area (Å²) < 4.78 is 32.0. The molecular weight excluding hydrogens is 1100 g/mol. The van der Waals surface area contributed by atoms with Crippen LogP contribution in [0, 0.1) is 11.6 Å². The van der Waals surface area contributed by atoms with E-state index >= 15 is 0 Å². The first kappa shape index (κ1) is 67.5. The van der Waals surface area contributed by atoms with Crippen molar-refractivity contribution in [1.29, 1.82) is 0 Å². The third-order valence-corrected chi connectivity index (χ3v) is 13.9. The van der Waals surface area contributed by atoms with E-state index in [-0.39, 0.29) is 117 Å². The van der Waals surface area contributed by atoms with Gasteiger partial charge in [0.15, 0.2) is 0 Å². The SMILES string of the molecule is CC(C)c1c(C(=O)Nc2ccccc2)c(-c2ccccc2)c(-c2ccc(F)cc2)n1CC[C@@H](O)C[C@@H](O)CC(=O)O.CC(C)c1c(C(=O)Nc2ccccc2)c(-c2ccccc2)c(-c2ccc(F)cc2)n1CC[C@@H](O)C[C@@H](O)CC(=O)O.O.[CaH2]. The molecule has 2 aromatic heterocycles. The zero-order chi connectivity index (χ0) is 59.0. The first-order valence-electron chi connectivity index (χ1n) is 27.3. The summed E-state index contributed by atoms with van der Waals surface area (Å²) in [5, 5.41) is 65.6. The average Bonchev–Trinajstić information content (AvgIpc) is 2.49. The molecule has 440 valence electrons. The van der Waals surface area contributed by atoms with Crippen LogP contribution in [0.1, 0.15) is 110 Å². The number of nitrogens with one attached hydrogen (secondary N) is 2. The van der Waals surface area contributed by atoms with Gasteiger partial charge in [-0.2, -0.15) is 0 Å². The minimum atomic E-state index is -1.18. The van der Waals surface area contributed by atoms with Crippen LogP contribution in [0.4, 0.5) is 20.2 Å². The number of aliphatic hydroxyl groups excluding tert-OH is 4. The number of para-hydroxylation sites is 2. The van der Waals surface area contributed by atoms with Gasteiger partial charge >= 0.3 is 49.7 Å². The van der Waals surface area contributed by atoms with Gasteiger partial charge in [0.05, 0.1) is 59.8 Å². The van der Waals surface area contributed by atoms with Crippen LogP contribution in [-0.4, -0.2) is 131 Å². The zero-order valence-electron chi connectivity index (χ0n) is 46.8. The van der Waals surface area contributed by atoms with E-state index < -0.39 is 49.2 Å². The molecule has 10 N–H and O–H groups in total. The molecule has 0 aliphatic rings. The first-order chi connectivity index (χ1) is 39.3. The third kappa shape index (κ3) is 17.9. The Bertz CT molecular complexity index is 3170. The van der Waals surface area contributed by atoms with Crippen LogP contribution < -0.4 is 10.6 Å². The van der Waals surface area contributed by atoms with Crippen molar-refractivity contribution in [2.75, 3.05) is 10.6 Å². The molecule has 84 heavy (non-hydrogen) atoms. The summed E-state index contributed by atoms with van der Waals surface area (Å²) in [7, 11) is 0. The van der Waals surface area contributed by atoms with Gasteiger partial charge in [-0.3, -0.25) is 19.2 Å². The first-order valence-corrected chi connectivity index (χ1v) is 27.3. The van der Waals surface area contributed by atoms with Crippen molar-refractivity contribution < 1.29 is 64.1 Å². The molecule has 2 heterocycles. The molecule has 15 nitrogen and oxygen atoms in total. The summed E-state index contributed by atoms with van der Waals surface area (Å²) in [6, 6.07) is 49.6. The summed E-state index contributed by atoms with van der Waals surface area (Å²) in [6.45, 7) is 8.50. The number of anilines is 2. The number of carbonyl (C=O) groups excluding carboxylic acids is 2. The zero-order valence-corrected chi connectivity index (χ0v) is 46.8. The van der Waals surface area contributed by atoms with Crippen LogP contribution in [0.15, 0.2) is 170 Å². The number of carbonyl (C=O) groups is 4. The third-order valence-electron chi connectivity index (χ3n) is 13.9. The Morgan fingerprint density at radius 3 is 1.02 bits per heavy atom. The quantitative estimate of drug-likeness (QED) is 0.0266. The van der Waals surface area contributed by atoms with E-state index in [1.165, 1.54) is 24.3 Å². The number of benzene rings is 6. The average molecular weight is 1180 g/mol.